The smallest absolute Gasteiger partial charge is 0.243 e. The van der Waals surface area contributed by atoms with Crippen LogP contribution in [0.1, 0.15) is 11.1 Å². The highest BCUT2D eigenvalue weighted by molar-refractivity contribution is 7.89. The minimum absolute atomic E-state index is 0.0118. The molecule has 2 rings (SSSR count). The topological polar surface area (TPSA) is 66.4 Å². The zero-order valence-electron chi connectivity index (χ0n) is 10.9. The summed E-state index contributed by atoms with van der Waals surface area (Å²) in [4.78, 5) is -0.492. The monoisotopic (exact) mass is 329 g/mol. The average Bonchev–Trinajstić information content (AvgIpc) is 2.48. The van der Waals surface area contributed by atoms with E-state index >= 15 is 0 Å². The first kappa shape index (κ1) is 15.9. The third-order valence-electron chi connectivity index (χ3n) is 2.85. The molecule has 0 bridgehead atoms. The average molecular weight is 330 g/mol. The molecule has 4 nitrogen and oxygen atoms in total. The fourth-order valence-corrected chi connectivity index (χ4v) is 3.13. The van der Waals surface area contributed by atoms with E-state index in [0.29, 0.717) is 11.1 Å². The van der Waals surface area contributed by atoms with Crippen molar-refractivity contribution in [3.8, 4) is 0 Å². The van der Waals surface area contributed by atoms with E-state index in [-0.39, 0.29) is 18.2 Å². The second kappa shape index (κ2) is 6.53. The summed E-state index contributed by atoms with van der Waals surface area (Å²) in [6.45, 7) is -0.147. The second-order valence-electron chi connectivity index (χ2n) is 4.35. The molecule has 0 amide bonds. The van der Waals surface area contributed by atoms with Gasteiger partial charge in [0.05, 0.1) is 11.6 Å². The van der Waals surface area contributed by atoms with Gasteiger partial charge in [0.2, 0.25) is 10.0 Å². The van der Waals surface area contributed by atoms with E-state index in [9.17, 15) is 12.8 Å². The first-order valence-electron chi connectivity index (χ1n) is 6.06. The molecule has 0 saturated heterocycles. The molecule has 0 aromatic heterocycles. The molecule has 7 heteroatoms. The molecule has 21 heavy (non-hydrogen) atoms. The van der Waals surface area contributed by atoms with Gasteiger partial charge in [0.1, 0.15) is 4.90 Å². The summed E-state index contributed by atoms with van der Waals surface area (Å²) in [5.74, 6) is -0.976. The van der Waals surface area contributed by atoms with E-state index in [1.807, 2.05) is 0 Å². The van der Waals surface area contributed by atoms with Gasteiger partial charge in [0.15, 0.2) is 5.82 Å². The maximum atomic E-state index is 13.8. The standard InChI is InChI=1S/C14H13ClFNO3S/c15-12-5-2-6-13(14(12)16)21(19,20)17-8-10-3-1-4-11(7-10)9-18/h1-7,17-18H,8-9H2. The van der Waals surface area contributed by atoms with Crippen LogP contribution in [0, 0.1) is 5.82 Å². The van der Waals surface area contributed by atoms with E-state index in [1.165, 1.54) is 12.1 Å². The van der Waals surface area contributed by atoms with Gasteiger partial charge in [-0.3, -0.25) is 0 Å². The van der Waals surface area contributed by atoms with Crippen molar-refractivity contribution in [3.05, 3.63) is 64.4 Å². The van der Waals surface area contributed by atoms with Crippen LogP contribution in [0.15, 0.2) is 47.4 Å². The van der Waals surface area contributed by atoms with Gasteiger partial charge in [-0.2, -0.15) is 0 Å². The maximum Gasteiger partial charge on any atom is 0.243 e. The molecule has 0 unspecified atom stereocenters. The van der Waals surface area contributed by atoms with Crippen molar-refractivity contribution in [3.63, 3.8) is 0 Å². The minimum atomic E-state index is -4.00. The number of sulfonamides is 1. The van der Waals surface area contributed by atoms with Crippen molar-refractivity contribution in [2.75, 3.05) is 0 Å². The first-order chi connectivity index (χ1) is 9.94. The lowest BCUT2D eigenvalue weighted by molar-refractivity contribution is 0.281. The largest absolute Gasteiger partial charge is 0.392 e. The molecule has 0 aliphatic rings. The van der Waals surface area contributed by atoms with Gasteiger partial charge in [-0.1, -0.05) is 41.9 Å². The van der Waals surface area contributed by atoms with E-state index < -0.39 is 20.7 Å². The lowest BCUT2D eigenvalue weighted by Crippen LogP contribution is -2.24. The number of benzene rings is 2. The van der Waals surface area contributed by atoms with Gasteiger partial charge in [0.25, 0.3) is 0 Å². The van der Waals surface area contributed by atoms with Crippen molar-refractivity contribution in [2.45, 2.75) is 18.0 Å². The Kier molecular flexibility index (Phi) is 4.95. The summed E-state index contributed by atoms with van der Waals surface area (Å²) in [5.41, 5.74) is 1.33. The van der Waals surface area contributed by atoms with Crippen molar-refractivity contribution in [1.29, 1.82) is 0 Å². The zero-order valence-corrected chi connectivity index (χ0v) is 12.5. The van der Waals surface area contributed by atoms with Crippen LogP contribution in [0.3, 0.4) is 0 Å². The second-order valence-corrected chi connectivity index (χ2v) is 6.50. The SMILES string of the molecule is O=S(=O)(NCc1cccc(CO)c1)c1cccc(Cl)c1F. The molecule has 0 fully saturated rings. The molecule has 2 aromatic rings. The third-order valence-corrected chi connectivity index (χ3v) is 4.56. The summed E-state index contributed by atoms with van der Waals surface area (Å²) >= 11 is 5.58. The maximum absolute atomic E-state index is 13.8. The van der Waals surface area contributed by atoms with Crippen LogP contribution in [-0.2, 0) is 23.2 Å². The highest BCUT2D eigenvalue weighted by Crippen LogP contribution is 2.21. The molecule has 0 heterocycles. The van der Waals surface area contributed by atoms with Gasteiger partial charge in [-0.25, -0.2) is 17.5 Å². The van der Waals surface area contributed by atoms with Gasteiger partial charge in [-0.05, 0) is 23.3 Å². The van der Waals surface area contributed by atoms with Crippen LogP contribution in [0.5, 0.6) is 0 Å². The van der Waals surface area contributed by atoms with E-state index in [2.05, 4.69) is 4.72 Å². The van der Waals surface area contributed by atoms with Crippen LogP contribution in [0.25, 0.3) is 0 Å². The van der Waals surface area contributed by atoms with Gasteiger partial charge < -0.3 is 5.11 Å². The Labute approximate surface area is 127 Å². The van der Waals surface area contributed by atoms with Crippen molar-refractivity contribution >= 4 is 21.6 Å². The predicted octanol–water partition coefficient (Wildman–Crippen LogP) is 2.45. The lowest BCUT2D eigenvalue weighted by atomic mass is 10.1. The summed E-state index contributed by atoms with van der Waals surface area (Å²) in [7, 11) is -4.00. The summed E-state index contributed by atoms with van der Waals surface area (Å²) in [5, 5.41) is 8.78. The van der Waals surface area contributed by atoms with Crippen LogP contribution in [-0.4, -0.2) is 13.5 Å². The first-order valence-corrected chi connectivity index (χ1v) is 7.92. The molecule has 0 saturated carbocycles. The fourth-order valence-electron chi connectivity index (χ4n) is 1.79. The summed E-state index contributed by atoms with van der Waals surface area (Å²) in [6.07, 6.45) is 0. The minimum Gasteiger partial charge on any atom is -0.392 e. The van der Waals surface area contributed by atoms with E-state index in [0.717, 1.165) is 6.07 Å². The Balaban J connectivity index is 2.20. The predicted molar refractivity (Wildman–Crippen MR) is 77.8 cm³/mol. The summed E-state index contributed by atoms with van der Waals surface area (Å²) < 4.78 is 40.2. The molecule has 2 aromatic carbocycles. The van der Waals surface area contributed by atoms with Crippen LogP contribution in [0.4, 0.5) is 4.39 Å². The molecule has 112 valence electrons. The molecule has 0 radical (unpaired) electrons. The fraction of sp³-hybridized carbons (Fsp3) is 0.143. The normalized spacial score (nSPS) is 11.6. The molecule has 0 atom stereocenters. The number of hydrogen-bond donors (Lipinski definition) is 2. The number of nitrogens with one attached hydrogen (secondary N) is 1. The number of rotatable bonds is 5. The van der Waals surface area contributed by atoms with Crippen molar-refractivity contribution < 1.29 is 17.9 Å². The molecule has 2 N–H and O–H groups in total. The molecule has 0 aliphatic heterocycles. The lowest BCUT2D eigenvalue weighted by Gasteiger charge is -2.09. The van der Waals surface area contributed by atoms with Crippen LogP contribution < -0.4 is 4.72 Å². The summed E-state index contributed by atoms with van der Waals surface area (Å²) in [6, 6.07) is 10.6. The van der Waals surface area contributed by atoms with E-state index in [1.54, 1.807) is 24.3 Å². The van der Waals surface area contributed by atoms with Crippen LogP contribution in [0.2, 0.25) is 5.02 Å². The number of aliphatic hydroxyl groups excluding tert-OH is 1. The Morgan fingerprint density at radius 3 is 2.52 bits per heavy atom. The van der Waals surface area contributed by atoms with Gasteiger partial charge in [-0.15, -0.1) is 0 Å². The Hall–Kier alpha value is -1.47. The highest BCUT2D eigenvalue weighted by Gasteiger charge is 2.20. The van der Waals surface area contributed by atoms with E-state index in [4.69, 9.17) is 16.7 Å². The molecule has 0 spiro atoms. The quantitative estimate of drug-likeness (QED) is 0.885. The zero-order chi connectivity index (χ0) is 15.5. The van der Waals surface area contributed by atoms with Crippen LogP contribution >= 0.6 is 11.6 Å². The Morgan fingerprint density at radius 1 is 1.14 bits per heavy atom. The molecule has 0 aliphatic carbocycles. The number of hydrogen-bond acceptors (Lipinski definition) is 3. The number of aliphatic hydroxyl groups is 1. The highest BCUT2D eigenvalue weighted by atomic mass is 35.5. The van der Waals surface area contributed by atoms with Crippen molar-refractivity contribution in [2.24, 2.45) is 0 Å². The third kappa shape index (κ3) is 3.79. The van der Waals surface area contributed by atoms with Gasteiger partial charge in [0, 0.05) is 6.54 Å². The Morgan fingerprint density at radius 2 is 1.81 bits per heavy atom. The molecular formula is C14H13ClFNO3S. The molecular weight excluding hydrogens is 317 g/mol. The van der Waals surface area contributed by atoms with Crippen molar-refractivity contribution in [1.82, 2.24) is 4.72 Å². The van der Waals surface area contributed by atoms with Gasteiger partial charge >= 0.3 is 0 Å². The Bertz CT molecular complexity index is 750. The number of halogens is 2.